The smallest absolute Gasteiger partial charge is 0.235 e. The fourth-order valence-corrected chi connectivity index (χ4v) is 4.30. The van der Waals surface area contributed by atoms with Crippen molar-refractivity contribution in [2.75, 3.05) is 5.32 Å². The number of thioether (sulfide) groups is 1. The van der Waals surface area contributed by atoms with Gasteiger partial charge in [-0.3, -0.25) is 4.79 Å². The lowest BCUT2D eigenvalue weighted by molar-refractivity contribution is -0.117. The van der Waals surface area contributed by atoms with Crippen molar-refractivity contribution in [1.82, 2.24) is 10.2 Å². The van der Waals surface area contributed by atoms with Crippen LogP contribution in [-0.4, -0.2) is 16.1 Å². The van der Waals surface area contributed by atoms with Gasteiger partial charge in [0.1, 0.15) is 5.25 Å². The lowest BCUT2D eigenvalue weighted by Crippen LogP contribution is -2.18. The standard InChI is InChI=1S/C18H18N4OS2/c1-2-12-8-6-7-11-14(12)20-17-21-22-18(25-17)24-15(16(19)23)13-9-4-3-5-10-13/h3-11,15H,2H2,1H3,(H2,19,23)(H,20,21)/t15-/m0/s1. The summed E-state index contributed by atoms with van der Waals surface area (Å²) in [4.78, 5) is 11.8. The van der Waals surface area contributed by atoms with Crippen molar-refractivity contribution >= 4 is 39.8 Å². The molecule has 0 aliphatic carbocycles. The van der Waals surface area contributed by atoms with E-state index < -0.39 is 11.2 Å². The first-order valence-corrected chi connectivity index (χ1v) is 9.56. The quantitative estimate of drug-likeness (QED) is 0.610. The van der Waals surface area contributed by atoms with E-state index in [-0.39, 0.29) is 0 Å². The fourth-order valence-electron chi connectivity index (χ4n) is 2.39. The van der Waals surface area contributed by atoms with Crippen LogP contribution in [0.15, 0.2) is 58.9 Å². The summed E-state index contributed by atoms with van der Waals surface area (Å²) in [6.45, 7) is 2.11. The molecule has 5 nitrogen and oxygen atoms in total. The largest absolute Gasteiger partial charge is 0.368 e. The van der Waals surface area contributed by atoms with Gasteiger partial charge in [0.05, 0.1) is 0 Å². The number of nitrogens with one attached hydrogen (secondary N) is 1. The molecule has 0 bridgehead atoms. The summed E-state index contributed by atoms with van der Waals surface area (Å²) in [6.07, 6.45) is 0.932. The first kappa shape index (κ1) is 17.4. The van der Waals surface area contributed by atoms with Crippen molar-refractivity contribution in [2.45, 2.75) is 22.9 Å². The Balaban J connectivity index is 1.75. The number of para-hydroxylation sites is 1. The molecule has 0 saturated heterocycles. The highest BCUT2D eigenvalue weighted by atomic mass is 32.2. The number of hydrogen-bond acceptors (Lipinski definition) is 6. The maximum absolute atomic E-state index is 11.8. The van der Waals surface area contributed by atoms with Crippen LogP contribution in [0.3, 0.4) is 0 Å². The first-order valence-electron chi connectivity index (χ1n) is 7.86. The molecule has 0 spiro atoms. The third kappa shape index (κ3) is 4.37. The molecular formula is C18H18N4OS2. The highest BCUT2D eigenvalue weighted by molar-refractivity contribution is 8.01. The second-order valence-electron chi connectivity index (χ2n) is 5.32. The Kier molecular flexibility index (Phi) is 5.67. The normalized spacial score (nSPS) is 11.9. The lowest BCUT2D eigenvalue weighted by Gasteiger charge is -2.10. The summed E-state index contributed by atoms with van der Waals surface area (Å²) < 4.78 is 0.698. The van der Waals surface area contributed by atoms with E-state index in [1.807, 2.05) is 48.5 Å². The molecular weight excluding hydrogens is 352 g/mol. The third-order valence-electron chi connectivity index (χ3n) is 3.63. The van der Waals surface area contributed by atoms with Crippen molar-refractivity contribution in [3.63, 3.8) is 0 Å². The van der Waals surface area contributed by atoms with Crippen LogP contribution in [0.25, 0.3) is 0 Å². The molecule has 0 aliphatic rings. The minimum absolute atomic E-state index is 0.391. The summed E-state index contributed by atoms with van der Waals surface area (Å²) in [7, 11) is 0. The zero-order chi connectivity index (χ0) is 17.6. The summed E-state index contributed by atoms with van der Waals surface area (Å²) in [5.74, 6) is -0.391. The topological polar surface area (TPSA) is 80.9 Å². The number of anilines is 2. The third-order valence-corrected chi connectivity index (χ3v) is 5.82. The monoisotopic (exact) mass is 370 g/mol. The number of nitrogens with two attached hydrogens (primary N) is 1. The number of nitrogens with zero attached hydrogens (tertiary/aromatic N) is 2. The Bertz CT molecular complexity index is 851. The van der Waals surface area contributed by atoms with E-state index in [1.54, 1.807) is 0 Å². The van der Waals surface area contributed by atoms with Gasteiger partial charge in [-0.1, -0.05) is 78.6 Å². The Labute approximate surface area is 154 Å². The number of rotatable bonds is 7. The van der Waals surface area contributed by atoms with Crippen LogP contribution in [0.1, 0.15) is 23.3 Å². The van der Waals surface area contributed by atoms with Crippen molar-refractivity contribution in [1.29, 1.82) is 0 Å². The summed E-state index contributed by atoms with van der Waals surface area (Å²) in [6, 6.07) is 17.6. The zero-order valence-electron chi connectivity index (χ0n) is 13.7. The number of carbonyl (C=O) groups is 1. The molecule has 3 rings (SSSR count). The number of benzene rings is 2. The molecule has 0 unspecified atom stereocenters. The Morgan fingerprint density at radius 1 is 1.16 bits per heavy atom. The molecule has 128 valence electrons. The molecule has 3 aromatic rings. The summed E-state index contributed by atoms with van der Waals surface area (Å²) in [5.41, 5.74) is 8.66. The highest BCUT2D eigenvalue weighted by Gasteiger charge is 2.21. The van der Waals surface area contributed by atoms with Crippen molar-refractivity contribution in [3.8, 4) is 0 Å². The molecule has 0 radical (unpaired) electrons. The van der Waals surface area contributed by atoms with Gasteiger partial charge in [-0.05, 0) is 23.6 Å². The van der Waals surface area contributed by atoms with Gasteiger partial charge in [0, 0.05) is 5.69 Å². The molecule has 0 fully saturated rings. The van der Waals surface area contributed by atoms with Gasteiger partial charge in [0.2, 0.25) is 11.0 Å². The van der Waals surface area contributed by atoms with E-state index in [4.69, 9.17) is 5.73 Å². The van der Waals surface area contributed by atoms with Crippen LogP contribution in [0.4, 0.5) is 10.8 Å². The van der Waals surface area contributed by atoms with Gasteiger partial charge in [-0.2, -0.15) is 0 Å². The second-order valence-corrected chi connectivity index (χ2v) is 7.65. The van der Waals surface area contributed by atoms with Crippen LogP contribution in [0, 0.1) is 0 Å². The van der Waals surface area contributed by atoms with Gasteiger partial charge >= 0.3 is 0 Å². The Hall–Kier alpha value is -2.38. The van der Waals surface area contributed by atoms with Gasteiger partial charge in [-0.25, -0.2) is 0 Å². The molecule has 1 atom stereocenters. The maximum atomic E-state index is 11.8. The maximum Gasteiger partial charge on any atom is 0.235 e. The van der Waals surface area contributed by atoms with E-state index in [2.05, 4.69) is 28.5 Å². The van der Waals surface area contributed by atoms with E-state index in [9.17, 15) is 4.79 Å². The number of carbonyl (C=O) groups excluding carboxylic acids is 1. The van der Waals surface area contributed by atoms with Gasteiger partial charge in [0.15, 0.2) is 4.34 Å². The minimum atomic E-state index is -0.482. The van der Waals surface area contributed by atoms with E-state index in [1.165, 1.54) is 28.7 Å². The first-order chi connectivity index (χ1) is 12.2. The van der Waals surface area contributed by atoms with Crippen molar-refractivity contribution in [3.05, 3.63) is 65.7 Å². The highest BCUT2D eigenvalue weighted by Crippen LogP contribution is 2.38. The predicted octanol–water partition coefficient (Wildman–Crippen LogP) is 4.16. The van der Waals surface area contributed by atoms with Gasteiger partial charge < -0.3 is 11.1 Å². The molecule has 2 aromatic carbocycles. The molecule has 1 amide bonds. The predicted molar refractivity (Wildman–Crippen MR) is 103 cm³/mol. The molecule has 0 saturated carbocycles. The van der Waals surface area contributed by atoms with E-state index in [0.29, 0.717) is 9.47 Å². The van der Waals surface area contributed by atoms with Crippen LogP contribution < -0.4 is 11.1 Å². The van der Waals surface area contributed by atoms with Crippen LogP contribution >= 0.6 is 23.1 Å². The SMILES string of the molecule is CCc1ccccc1Nc1nnc(S[C@H](C(N)=O)c2ccccc2)s1. The lowest BCUT2D eigenvalue weighted by atomic mass is 10.1. The van der Waals surface area contributed by atoms with Crippen LogP contribution in [0.5, 0.6) is 0 Å². The summed E-state index contributed by atoms with van der Waals surface area (Å²) >= 11 is 2.73. The fraction of sp³-hybridized carbons (Fsp3) is 0.167. The number of aryl methyl sites for hydroxylation is 1. The van der Waals surface area contributed by atoms with E-state index >= 15 is 0 Å². The zero-order valence-corrected chi connectivity index (χ0v) is 15.3. The molecule has 1 aromatic heterocycles. The molecule has 1 heterocycles. The summed E-state index contributed by atoms with van der Waals surface area (Å²) in [5, 5.41) is 11.9. The molecule has 25 heavy (non-hydrogen) atoms. The molecule has 0 aliphatic heterocycles. The average Bonchev–Trinajstić information content (AvgIpc) is 3.08. The van der Waals surface area contributed by atoms with Crippen molar-refractivity contribution in [2.24, 2.45) is 5.73 Å². The number of primary amides is 1. The number of amides is 1. The van der Waals surface area contributed by atoms with Crippen molar-refractivity contribution < 1.29 is 4.79 Å². The van der Waals surface area contributed by atoms with Crippen LogP contribution in [-0.2, 0) is 11.2 Å². The average molecular weight is 371 g/mol. The number of hydrogen-bond donors (Lipinski definition) is 2. The minimum Gasteiger partial charge on any atom is -0.368 e. The molecule has 7 heteroatoms. The molecule has 3 N–H and O–H groups in total. The van der Waals surface area contributed by atoms with Gasteiger partial charge in [0.25, 0.3) is 0 Å². The van der Waals surface area contributed by atoms with Gasteiger partial charge in [-0.15, -0.1) is 10.2 Å². The van der Waals surface area contributed by atoms with E-state index in [0.717, 1.165) is 17.7 Å². The number of aromatic nitrogens is 2. The van der Waals surface area contributed by atoms with Crippen LogP contribution in [0.2, 0.25) is 0 Å². The Morgan fingerprint density at radius 2 is 1.88 bits per heavy atom. The second kappa shape index (κ2) is 8.13. The Morgan fingerprint density at radius 3 is 2.60 bits per heavy atom.